The molecule has 1 saturated heterocycles. The minimum absolute atomic E-state index is 0.0467. The van der Waals surface area contributed by atoms with Crippen molar-refractivity contribution in [3.8, 4) is 5.75 Å². The lowest BCUT2D eigenvalue weighted by atomic mass is 9.89. The molecule has 1 heterocycles. The fourth-order valence-electron chi connectivity index (χ4n) is 1.91. The van der Waals surface area contributed by atoms with E-state index in [1.807, 2.05) is 12.1 Å². The van der Waals surface area contributed by atoms with Crippen molar-refractivity contribution in [3.63, 3.8) is 0 Å². The first-order chi connectivity index (χ1) is 7.69. The Morgan fingerprint density at radius 1 is 1.38 bits per heavy atom. The van der Waals surface area contributed by atoms with E-state index in [2.05, 4.69) is 27.3 Å². The van der Waals surface area contributed by atoms with Gasteiger partial charge in [-0.25, -0.2) is 0 Å². The van der Waals surface area contributed by atoms with Crippen molar-refractivity contribution in [1.82, 2.24) is 5.32 Å². The molecule has 0 saturated carbocycles. The van der Waals surface area contributed by atoms with Gasteiger partial charge in [0, 0.05) is 31.1 Å². The van der Waals surface area contributed by atoms with Crippen LogP contribution >= 0.6 is 15.9 Å². The van der Waals surface area contributed by atoms with E-state index in [0.29, 0.717) is 0 Å². The summed E-state index contributed by atoms with van der Waals surface area (Å²) < 4.78 is 11.9. The Morgan fingerprint density at radius 3 is 2.62 bits per heavy atom. The maximum Gasteiger partial charge on any atom is 0.119 e. The van der Waals surface area contributed by atoms with Crippen molar-refractivity contribution in [3.05, 3.63) is 28.2 Å². The highest BCUT2D eigenvalue weighted by Crippen LogP contribution is 2.29. The molecule has 0 atom stereocenters. The van der Waals surface area contributed by atoms with E-state index >= 15 is 0 Å². The van der Waals surface area contributed by atoms with Crippen molar-refractivity contribution < 1.29 is 9.47 Å². The molecule has 0 spiro atoms. The van der Waals surface area contributed by atoms with E-state index in [-0.39, 0.29) is 5.60 Å². The quantitative estimate of drug-likeness (QED) is 0.918. The number of halogens is 1. The van der Waals surface area contributed by atoms with Crippen molar-refractivity contribution in [2.45, 2.75) is 12.0 Å². The van der Waals surface area contributed by atoms with Crippen molar-refractivity contribution >= 4 is 15.9 Å². The van der Waals surface area contributed by atoms with E-state index < -0.39 is 0 Å². The first-order valence-electron chi connectivity index (χ1n) is 5.27. The molecule has 16 heavy (non-hydrogen) atoms. The fourth-order valence-corrected chi connectivity index (χ4v) is 2.29. The van der Waals surface area contributed by atoms with Gasteiger partial charge in [-0.3, -0.25) is 0 Å². The third-order valence-electron chi connectivity index (χ3n) is 3.09. The van der Waals surface area contributed by atoms with Crippen LogP contribution in [0.3, 0.4) is 0 Å². The lowest BCUT2D eigenvalue weighted by Crippen LogP contribution is -2.61. The standard InChI is InChI=1S/C12H16BrNO2/c1-15-10-3-4-11(13)9(5-10)6-12(16-2)7-14-8-12/h3-5,14H,6-8H2,1-2H3. The highest BCUT2D eigenvalue weighted by molar-refractivity contribution is 9.10. The van der Waals surface area contributed by atoms with Crippen LogP contribution in [0.5, 0.6) is 5.75 Å². The molecular weight excluding hydrogens is 270 g/mol. The summed E-state index contributed by atoms with van der Waals surface area (Å²) in [7, 11) is 3.46. The normalized spacial score (nSPS) is 17.9. The van der Waals surface area contributed by atoms with Gasteiger partial charge in [0.2, 0.25) is 0 Å². The van der Waals surface area contributed by atoms with Crippen LogP contribution in [-0.2, 0) is 11.2 Å². The van der Waals surface area contributed by atoms with E-state index in [0.717, 1.165) is 29.7 Å². The van der Waals surface area contributed by atoms with Gasteiger partial charge < -0.3 is 14.8 Å². The average molecular weight is 286 g/mol. The van der Waals surface area contributed by atoms with Gasteiger partial charge in [0.1, 0.15) is 5.75 Å². The third-order valence-corrected chi connectivity index (χ3v) is 3.87. The molecule has 2 rings (SSSR count). The maximum absolute atomic E-state index is 5.58. The summed E-state index contributed by atoms with van der Waals surface area (Å²) in [6, 6.07) is 6.03. The summed E-state index contributed by atoms with van der Waals surface area (Å²) in [6.45, 7) is 1.82. The van der Waals surface area contributed by atoms with Gasteiger partial charge in [-0.2, -0.15) is 0 Å². The molecule has 1 aliphatic heterocycles. The summed E-state index contributed by atoms with van der Waals surface area (Å²) in [6.07, 6.45) is 0.897. The molecule has 0 aromatic heterocycles. The summed E-state index contributed by atoms with van der Waals surface area (Å²) in [5, 5.41) is 3.25. The van der Waals surface area contributed by atoms with E-state index in [1.54, 1.807) is 14.2 Å². The van der Waals surface area contributed by atoms with Crippen LogP contribution < -0.4 is 10.1 Å². The van der Waals surface area contributed by atoms with Crippen LogP contribution in [0.1, 0.15) is 5.56 Å². The van der Waals surface area contributed by atoms with Gasteiger partial charge in [-0.05, 0) is 23.8 Å². The second-order valence-electron chi connectivity index (χ2n) is 4.12. The number of methoxy groups -OCH3 is 2. The van der Waals surface area contributed by atoms with E-state index in [4.69, 9.17) is 9.47 Å². The van der Waals surface area contributed by atoms with Gasteiger partial charge in [0.25, 0.3) is 0 Å². The number of nitrogens with one attached hydrogen (secondary N) is 1. The van der Waals surface area contributed by atoms with Crippen LogP contribution in [0.4, 0.5) is 0 Å². The van der Waals surface area contributed by atoms with Gasteiger partial charge >= 0.3 is 0 Å². The van der Waals surface area contributed by atoms with Crippen LogP contribution in [0.25, 0.3) is 0 Å². The maximum atomic E-state index is 5.58. The molecule has 1 aromatic rings. The zero-order chi connectivity index (χ0) is 11.6. The lowest BCUT2D eigenvalue weighted by Gasteiger charge is -2.41. The Balaban J connectivity index is 2.19. The molecule has 0 bridgehead atoms. The van der Waals surface area contributed by atoms with E-state index in [1.165, 1.54) is 5.56 Å². The summed E-state index contributed by atoms with van der Waals surface area (Å²) >= 11 is 3.56. The fraction of sp³-hybridized carbons (Fsp3) is 0.500. The third kappa shape index (κ3) is 2.24. The number of hydrogen-bond donors (Lipinski definition) is 1. The molecule has 0 unspecified atom stereocenters. The molecule has 1 fully saturated rings. The minimum atomic E-state index is -0.0467. The number of rotatable bonds is 4. The molecule has 0 radical (unpaired) electrons. The Morgan fingerprint density at radius 2 is 2.12 bits per heavy atom. The first-order valence-corrected chi connectivity index (χ1v) is 6.07. The van der Waals surface area contributed by atoms with Crippen LogP contribution in [0, 0.1) is 0 Å². The second-order valence-corrected chi connectivity index (χ2v) is 4.98. The predicted molar refractivity (Wildman–Crippen MR) is 67.0 cm³/mol. The molecule has 3 nitrogen and oxygen atoms in total. The smallest absolute Gasteiger partial charge is 0.119 e. The largest absolute Gasteiger partial charge is 0.497 e. The Bertz CT molecular complexity index is 372. The highest BCUT2D eigenvalue weighted by atomic mass is 79.9. The summed E-state index contributed by atoms with van der Waals surface area (Å²) in [5.41, 5.74) is 1.18. The summed E-state index contributed by atoms with van der Waals surface area (Å²) in [5.74, 6) is 0.886. The average Bonchev–Trinajstić information content (AvgIpc) is 2.26. The monoisotopic (exact) mass is 285 g/mol. The van der Waals surface area contributed by atoms with E-state index in [9.17, 15) is 0 Å². The molecule has 1 N–H and O–H groups in total. The number of hydrogen-bond acceptors (Lipinski definition) is 3. The molecule has 0 aliphatic carbocycles. The summed E-state index contributed by atoms with van der Waals surface area (Å²) in [4.78, 5) is 0. The van der Waals surface area contributed by atoms with Crippen LogP contribution in [-0.4, -0.2) is 32.9 Å². The zero-order valence-corrected chi connectivity index (χ0v) is 11.1. The van der Waals surface area contributed by atoms with Gasteiger partial charge in [0.15, 0.2) is 0 Å². The Labute approximate surface area is 104 Å². The van der Waals surface area contributed by atoms with Crippen molar-refractivity contribution in [1.29, 1.82) is 0 Å². The highest BCUT2D eigenvalue weighted by Gasteiger charge is 2.37. The van der Waals surface area contributed by atoms with Crippen LogP contribution in [0.2, 0.25) is 0 Å². The molecule has 0 amide bonds. The Kier molecular flexibility index (Phi) is 3.52. The Hall–Kier alpha value is -0.580. The zero-order valence-electron chi connectivity index (χ0n) is 9.55. The number of ether oxygens (including phenoxy) is 2. The van der Waals surface area contributed by atoms with Crippen molar-refractivity contribution in [2.24, 2.45) is 0 Å². The van der Waals surface area contributed by atoms with Gasteiger partial charge in [-0.15, -0.1) is 0 Å². The molecule has 1 aromatic carbocycles. The van der Waals surface area contributed by atoms with Crippen molar-refractivity contribution in [2.75, 3.05) is 27.3 Å². The topological polar surface area (TPSA) is 30.5 Å². The first kappa shape index (κ1) is 11.9. The molecular formula is C12H16BrNO2. The van der Waals surface area contributed by atoms with Crippen LogP contribution in [0.15, 0.2) is 22.7 Å². The SMILES string of the molecule is COc1ccc(Br)c(CC2(OC)CNC2)c1. The molecule has 4 heteroatoms. The number of benzene rings is 1. The van der Waals surface area contributed by atoms with Gasteiger partial charge in [-0.1, -0.05) is 15.9 Å². The van der Waals surface area contributed by atoms with Gasteiger partial charge in [0.05, 0.1) is 12.7 Å². The molecule has 88 valence electrons. The lowest BCUT2D eigenvalue weighted by molar-refractivity contribution is -0.0503. The second kappa shape index (κ2) is 4.73. The molecule has 1 aliphatic rings. The predicted octanol–water partition coefficient (Wildman–Crippen LogP) is 1.99. The minimum Gasteiger partial charge on any atom is -0.497 e.